The van der Waals surface area contributed by atoms with Gasteiger partial charge in [-0.3, -0.25) is 9.69 Å². The molecule has 1 unspecified atom stereocenters. The third-order valence-electron chi connectivity index (χ3n) is 4.73. The van der Waals surface area contributed by atoms with Crippen molar-refractivity contribution in [1.82, 2.24) is 15.2 Å². The summed E-state index contributed by atoms with van der Waals surface area (Å²) in [7, 11) is 0. The number of aromatic nitrogens is 1. The molecule has 148 valence electrons. The molecule has 0 fully saturated rings. The zero-order chi connectivity index (χ0) is 19.8. The van der Waals surface area contributed by atoms with Crippen molar-refractivity contribution >= 4 is 27.5 Å². The molecule has 2 aromatic carbocycles. The van der Waals surface area contributed by atoms with Crippen molar-refractivity contribution in [3.63, 3.8) is 0 Å². The molecule has 3 aromatic rings. The number of nitrogens with one attached hydrogen (secondary N) is 1. The Hall–Kier alpha value is -2.28. The monoisotopic (exact) mass is 397 g/mol. The van der Waals surface area contributed by atoms with Gasteiger partial charge in [-0.05, 0) is 30.8 Å². The van der Waals surface area contributed by atoms with Crippen LogP contribution in [0.25, 0.3) is 10.2 Å². The van der Waals surface area contributed by atoms with Crippen LogP contribution in [0.2, 0.25) is 0 Å². The molecule has 28 heavy (non-hydrogen) atoms. The Bertz CT molecular complexity index is 845. The first-order valence-corrected chi connectivity index (χ1v) is 10.5. The van der Waals surface area contributed by atoms with Crippen molar-refractivity contribution < 1.29 is 9.53 Å². The minimum absolute atomic E-state index is 0.0374. The third kappa shape index (κ3) is 5.38. The summed E-state index contributed by atoms with van der Waals surface area (Å²) in [4.78, 5) is 19.1. The van der Waals surface area contributed by atoms with E-state index in [9.17, 15) is 4.79 Å². The second-order valence-corrected chi connectivity index (χ2v) is 7.64. The molecule has 1 amide bonds. The number of fused-ring (bicyclic) bond motifs is 1. The molecule has 1 heterocycles. The minimum atomic E-state index is -0.103. The smallest absolute Gasteiger partial charge is 0.246 e. The topological polar surface area (TPSA) is 54.5 Å². The highest BCUT2D eigenvalue weighted by Crippen LogP contribution is 2.22. The van der Waals surface area contributed by atoms with Gasteiger partial charge >= 0.3 is 0 Å². The van der Waals surface area contributed by atoms with E-state index in [-0.39, 0.29) is 18.6 Å². The van der Waals surface area contributed by atoms with Crippen molar-refractivity contribution in [3.05, 3.63) is 65.2 Å². The number of carbonyl (C=O) groups excluding carboxylic acids is 1. The van der Waals surface area contributed by atoms with Crippen LogP contribution >= 0.6 is 11.3 Å². The van der Waals surface area contributed by atoms with Crippen LogP contribution in [0.5, 0.6) is 0 Å². The number of para-hydroxylation sites is 1. The second-order valence-electron chi connectivity index (χ2n) is 6.52. The van der Waals surface area contributed by atoms with Gasteiger partial charge in [0, 0.05) is 6.54 Å². The summed E-state index contributed by atoms with van der Waals surface area (Å²) < 4.78 is 6.72. The van der Waals surface area contributed by atoms with Crippen molar-refractivity contribution in [2.75, 3.05) is 26.2 Å². The van der Waals surface area contributed by atoms with Crippen molar-refractivity contribution in [2.24, 2.45) is 0 Å². The van der Waals surface area contributed by atoms with Crippen LogP contribution in [0.15, 0.2) is 54.6 Å². The quantitative estimate of drug-likeness (QED) is 0.562. The zero-order valence-electron chi connectivity index (χ0n) is 16.4. The van der Waals surface area contributed by atoms with E-state index < -0.39 is 0 Å². The molecule has 0 aliphatic carbocycles. The van der Waals surface area contributed by atoms with Gasteiger partial charge in [0.05, 0.1) is 22.9 Å². The molecular formula is C22H27N3O2S. The van der Waals surface area contributed by atoms with E-state index in [0.29, 0.717) is 13.2 Å². The first kappa shape index (κ1) is 20.5. The number of carbonyl (C=O) groups is 1. The summed E-state index contributed by atoms with van der Waals surface area (Å²) >= 11 is 1.60. The lowest BCUT2D eigenvalue weighted by molar-refractivity contribution is -0.126. The third-order valence-corrected chi connectivity index (χ3v) is 5.74. The van der Waals surface area contributed by atoms with Crippen LogP contribution in [-0.2, 0) is 16.1 Å². The van der Waals surface area contributed by atoms with Gasteiger partial charge in [-0.15, -0.1) is 11.3 Å². The van der Waals surface area contributed by atoms with Crippen LogP contribution in [0.1, 0.15) is 30.5 Å². The van der Waals surface area contributed by atoms with Gasteiger partial charge < -0.3 is 10.1 Å². The molecule has 0 aliphatic heterocycles. The largest absolute Gasteiger partial charge is 0.364 e. The highest BCUT2D eigenvalue weighted by Gasteiger charge is 2.18. The fourth-order valence-electron chi connectivity index (χ4n) is 3.27. The summed E-state index contributed by atoms with van der Waals surface area (Å²) in [5.41, 5.74) is 2.18. The number of amides is 1. The second kappa shape index (κ2) is 10.3. The highest BCUT2D eigenvalue weighted by molar-refractivity contribution is 7.18. The van der Waals surface area contributed by atoms with Gasteiger partial charge in [0.15, 0.2) is 0 Å². The standard InChI is InChI=1S/C22H27N3O2S/c1-3-25(4-2)19(17-10-6-5-7-11-17)14-23-21(26)15-27-16-22-24-18-12-8-9-13-20(18)28-22/h5-13,19H,3-4,14-16H2,1-2H3,(H,23,26). The summed E-state index contributed by atoms with van der Waals surface area (Å²) in [6.07, 6.45) is 0. The number of likely N-dealkylation sites (N-methyl/N-ethyl adjacent to an activating group) is 1. The Morgan fingerprint density at radius 2 is 1.82 bits per heavy atom. The van der Waals surface area contributed by atoms with Crippen LogP contribution in [0, 0.1) is 0 Å². The molecule has 0 spiro atoms. The normalized spacial score (nSPS) is 12.4. The molecule has 0 saturated carbocycles. The highest BCUT2D eigenvalue weighted by atomic mass is 32.1. The average molecular weight is 398 g/mol. The molecule has 6 heteroatoms. The fraction of sp³-hybridized carbons (Fsp3) is 0.364. The van der Waals surface area contributed by atoms with Crippen LogP contribution in [0.3, 0.4) is 0 Å². The number of thiazole rings is 1. The Kier molecular flexibility index (Phi) is 7.54. The van der Waals surface area contributed by atoms with E-state index in [1.807, 2.05) is 42.5 Å². The maximum atomic E-state index is 12.3. The van der Waals surface area contributed by atoms with E-state index >= 15 is 0 Å². The molecule has 3 rings (SSSR count). The average Bonchev–Trinajstić information content (AvgIpc) is 3.14. The maximum Gasteiger partial charge on any atom is 0.246 e. The number of benzene rings is 2. The molecular weight excluding hydrogens is 370 g/mol. The Morgan fingerprint density at radius 1 is 1.11 bits per heavy atom. The van der Waals surface area contributed by atoms with E-state index in [1.54, 1.807) is 11.3 Å². The van der Waals surface area contributed by atoms with Crippen molar-refractivity contribution in [2.45, 2.75) is 26.5 Å². The minimum Gasteiger partial charge on any atom is -0.364 e. The van der Waals surface area contributed by atoms with Gasteiger partial charge in [0.25, 0.3) is 0 Å². The summed E-state index contributed by atoms with van der Waals surface area (Å²) in [6.45, 7) is 7.10. The first-order valence-electron chi connectivity index (χ1n) is 9.69. The molecule has 0 radical (unpaired) electrons. The number of hydrogen-bond acceptors (Lipinski definition) is 5. The fourth-order valence-corrected chi connectivity index (χ4v) is 4.18. The molecule has 0 bridgehead atoms. The van der Waals surface area contributed by atoms with Crippen LogP contribution in [-0.4, -0.2) is 42.0 Å². The molecule has 1 aromatic heterocycles. The maximum absolute atomic E-state index is 12.3. The number of rotatable bonds is 10. The van der Waals surface area contributed by atoms with Crippen molar-refractivity contribution in [1.29, 1.82) is 0 Å². The zero-order valence-corrected chi connectivity index (χ0v) is 17.2. The first-order chi connectivity index (χ1) is 13.7. The van der Waals surface area contributed by atoms with Gasteiger partial charge in [0.2, 0.25) is 5.91 Å². The molecule has 1 N–H and O–H groups in total. The Labute approximate surface area is 170 Å². The van der Waals surface area contributed by atoms with E-state index in [2.05, 4.69) is 41.2 Å². The lowest BCUT2D eigenvalue weighted by atomic mass is 10.1. The number of nitrogens with zero attached hydrogens (tertiary/aromatic N) is 2. The van der Waals surface area contributed by atoms with E-state index in [0.717, 1.165) is 28.3 Å². The van der Waals surface area contributed by atoms with Gasteiger partial charge in [0.1, 0.15) is 11.6 Å². The Balaban J connectivity index is 1.50. The van der Waals surface area contributed by atoms with Gasteiger partial charge in [-0.25, -0.2) is 4.98 Å². The van der Waals surface area contributed by atoms with Gasteiger partial charge in [-0.2, -0.15) is 0 Å². The number of ether oxygens (including phenoxy) is 1. The lowest BCUT2D eigenvalue weighted by Crippen LogP contribution is -2.39. The Morgan fingerprint density at radius 3 is 2.54 bits per heavy atom. The molecule has 1 atom stereocenters. The summed E-state index contributed by atoms with van der Waals surface area (Å²) in [5, 5.41) is 3.91. The number of hydrogen-bond donors (Lipinski definition) is 1. The van der Waals surface area contributed by atoms with Crippen LogP contribution in [0.4, 0.5) is 0 Å². The van der Waals surface area contributed by atoms with Crippen LogP contribution < -0.4 is 5.32 Å². The molecule has 0 saturated heterocycles. The van der Waals surface area contributed by atoms with Crippen molar-refractivity contribution in [3.8, 4) is 0 Å². The predicted molar refractivity (Wildman–Crippen MR) is 114 cm³/mol. The SMILES string of the molecule is CCN(CC)C(CNC(=O)COCc1nc2ccccc2s1)c1ccccc1. The predicted octanol–water partition coefficient (Wildman–Crippen LogP) is 4.01. The van der Waals surface area contributed by atoms with E-state index in [4.69, 9.17) is 4.74 Å². The van der Waals surface area contributed by atoms with E-state index in [1.165, 1.54) is 5.56 Å². The van der Waals surface area contributed by atoms with Gasteiger partial charge in [-0.1, -0.05) is 56.3 Å². The summed E-state index contributed by atoms with van der Waals surface area (Å²) in [5.74, 6) is -0.103. The molecule has 5 nitrogen and oxygen atoms in total. The summed E-state index contributed by atoms with van der Waals surface area (Å²) in [6, 6.07) is 18.5. The molecule has 0 aliphatic rings. The lowest BCUT2D eigenvalue weighted by Gasteiger charge is -2.30.